The number of allylic oxidation sites excluding steroid dienone is 1. The number of halogens is 2. The first-order valence-corrected chi connectivity index (χ1v) is 9.54. The Labute approximate surface area is 171 Å². The molecule has 1 atom stereocenters. The second-order valence-electron chi connectivity index (χ2n) is 6.04. The van der Waals surface area contributed by atoms with Crippen LogP contribution in [0, 0.1) is 6.92 Å². The molecule has 1 aliphatic heterocycles. The number of thiocarbonyl (C=S) groups is 1. The molecule has 26 heavy (non-hydrogen) atoms. The number of hydrogen-bond acceptors (Lipinski definition) is 2. The third kappa shape index (κ3) is 4.09. The molecule has 7 heteroatoms. The number of carbonyl (C=O) groups is 1. The summed E-state index contributed by atoms with van der Waals surface area (Å²) in [5, 5.41) is 10.2. The van der Waals surface area contributed by atoms with Gasteiger partial charge in [0.2, 0.25) is 0 Å². The van der Waals surface area contributed by atoms with E-state index in [0.717, 1.165) is 21.3 Å². The van der Waals surface area contributed by atoms with Crippen molar-refractivity contribution in [3.8, 4) is 0 Å². The minimum Gasteiger partial charge on any atom is -0.351 e. The lowest BCUT2D eigenvalue weighted by atomic mass is 9.95. The van der Waals surface area contributed by atoms with E-state index in [0.29, 0.717) is 21.4 Å². The van der Waals surface area contributed by atoms with Gasteiger partial charge in [-0.2, -0.15) is 0 Å². The lowest BCUT2D eigenvalue weighted by molar-refractivity contribution is -0.113. The Morgan fingerprint density at radius 3 is 2.58 bits per heavy atom. The van der Waals surface area contributed by atoms with Crippen molar-refractivity contribution in [2.24, 2.45) is 0 Å². The summed E-state index contributed by atoms with van der Waals surface area (Å²) >= 11 is 14.8. The molecule has 134 valence electrons. The Morgan fingerprint density at radius 1 is 1.19 bits per heavy atom. The van der Waals surface area contributed by atoms with Gasteiger partial charge in [0.1, 0.15) is 0 Å². The number of benzene rings is 2. The number of hydrogen-bond donors (Lipinski definition) is 3. The molecule has 0 spiro atoms. The van der Waals surface area contributed by atoms with E-state index in [2.05, 4.69) is 31.9 Å². The van der Waals surface area contributed by atoms with Gasteiger partial charge in [-0.15, -0.1) is 0 Å². The van der Waals surface area contributed by atoms with Crippen LogP contribution in [-0.2, 0) is 4.79 Å². The van der Waals surface area contributed by atoms with Gasteiger partial charge >= 0.3 is 0 Å². The molecule has 2 aromatic carbocycles. The van der Waals surface area contributed by atoms with Gasteiger partial charge in [-0.05, 0) is 61.5 Å². The summed E-state index contributed by atoms with van der Waals surface area (Å²) in [6.45, 7) is 3.77. The van der Waals surface area contributed by atoms with E-state index in [1.54, 1.807) is 12.1 Å². The van der Waals surface area contributed by atoms with Crippen molar-refractivity contribution >= 4 is 56.5 Å². The second-order valence-corrected chi connectivity index (χ2v) is 7.80. The largest absolute Gasteiger partial charge is 0.351 e. The van der Waals surface area contributed by atoms with Crippen molar-refractivity contribution in [2.45, 2.75) is 19.9 Å². The normalized spacial score (nSPS) is 16.8. The van der Waals surface area contributed by atoms with E-state index in [1.807, 2.05) is 44.2 Å². The van der Waals surface area contributed by atoms with Crippen LogP contribution in [0.3, 0.4) is 0 Å². The highest BCUT2D eigenvalue weighted by Crippen LogP contribution is 2.29. The maximum Gasteiger partial charge on any atom is 0.255 e. The maximum atomic E-state index is 13.1. The fourth-order valence-corrected chi connectivity index (χ4v) is 3.53. The van der Waals surface area contributed by atoms with E-state index < -0.39 is 0 Å². The molecule has 2 aromatic rings. The lowest BCUT2D eigenvalue weighted by Gasteiger charge is -2.30. The van der Waals surface area contributed by atoms with Crippen LogP contribution in [0.5, 0.6) is 0 Å². The molecule has 0 fully saturated rings. The summed E-state index contributed by atoms with van der Waals surface area (Å²) in [5.74, 6) is -0.205. The van der Waals surface area contributed by atoms with E-state index in [9.17, 15) is 4.79 Å². The SMILES string of the molecule is CC1=C(C(=O)Nc2cc(Cl)ccc2C)[C@@H](c2ccc(Br)cc2)NC(=S)N1. The molecule has 3 rings (SSSR count). The van der Waals surface area contributed by atoms with Crippen LogP contribution in [0.1, 0.15) is 24.1 Å². The first-order chi connectivity index (χ1) is 12.3. The zero-order valence-corrected chi connectivity index (χ0v) is 17.3. The van der Waals surface area contributed by atoms with Gasteiger partial charge in [0, 0.05) is 20.9 Å². The van der Waals surface area contributed by atoms with E-state index in [1.165, 1.54) is 0 Å². The van der Waals surface area contributed by atoms with Crippen molar-refractivity contribution in [2.75, 3.05) is 5.32 Å². The predicted octanol–water partition coefficient (Wildman–Crippen LogP) is 4.84. The fourth-order valence-electron chi connectivity index (χ4n) is 2.82. The van der Waals surface area contributed by atoms with Crippen LogP contribution in [0.4, 0.5) is 5.69 Å². The van der Waals surface area contributed by atoms with Crippen LogP contribution in [-0.4, -0.2) is 11.0 Å². The van der Waals surface area contributed by atoms with E-state index in [-0.39, 0.29) is 11.9 Å². The Kier molecular flexibility index (Phi) is 5.65. The summed E-state index contributed by atoms with van der Waals surface area (Å²) in [6.07, 6.45) is 0. The Morgan fingerprint density at radius 2 is 1.88 bits per heavy atom. The van der Waals surface area contributed by atoms with Gasteiger partial charge in [0.25, 0.3) is 5.91 Å². The molecule has 0 saturated heterocycles. The molecule has 3 N–H and O–H groups in total. The van der Waals surface area contributed by atoms with Crippen molar-refractivity contribution < 1.29 is 4.79 Å². The minimum absolute atomic E-state index is 0.205. The molecule has 0 radical (unpaired) electrons. The van der Waals surface area contributed by atoms with Crippen LogP contribution >= 0.6 is 39.7 Å². The smallest absolute Gasteiger partial charge is 0.255 e. The Balaban J connectivity index is 1.96. The number of nitrogens with one attached hydrogen (secondary N) is 3. The van der Waals surface area contributed by atoms with Gasteiger partial charge in [-0.25, -0.2) is 0 Å². The zero-order chi connectivity index (χ0) is 18.8. The summed E-state index contributed by atoms with van der Waals surface area (Å²) in [6, 6.07) is 12.9. The molecule has 0 bridgehead atoms. The molecule has 1 amide bonds. The third-order valence-electron chi connectivity index (χ3n) is 4.16. The third-order valence-corrected chi connectivity index (χ3v) is 5.15. The molecule has 0 unspecified atom stereocenters. The van der Waals surface area contributed by atoms with Crippen molar-refractivity contribution in [3.05, 3.63) is 74.4 Å². The first-order valence-electron chi connectivity index (χ1n) is 7.96. The van der Waals surface area contributed by atoms with Crippen LogP contribution in [0.2, 0.25) is 5.02 Å². The van der Waals surface area contributed by atoms with Gasteiger partial charge < -0.3 is 16.0 Å². The van der Waals surface area contributed by atoms with E-state index >= 15 is 0 Å². The highest BCUT2D eigenvalue weighted by atomic mass is 79.9. The van der Waals surface area contributed by atoms with Gasteiger partial charge in [-0.3, -0.25) is 4.79 Å². The maximum absolute atomic E-state index is 13.1. The summed E-state index contributed by atoms with van der Waals surface area (Å²) in [5.41, 5.74) is 3.88. The molecule has 1 aliphatic rings. The molecule has 0 aromatic heterocycles. The first kappa shape index (κ1) is 18.9. The van der Waals surface area contributed by atoms with Crippen LogP contribution < -0.4 is 16.0 Å². The predicted molar refractivity (Wildman–Crippen MR) is 113 cm³/mol. The quantitative estimate of drug-likeness (QED) is 0.586. The number of carbonyl (C=O) groups excluding carboxylic acids is 1. The standard InChI is InChI=1S/C19H17BrClN3OS/c1-10-3-8-14(21)9-15(10)23-18(25)16-11(2)22-19(26)24-17(16)12-4-6-13(20)7-5-12/h3-9,17H,1-2H3,(H,23,25)(H2,22,24,26)/t17-/m1/s1. The average molecular weight is 451 g/mol. The molecule has 1 heterocycles. The summed E-state index contributed by atoms with van der Waals surface area (Å²) in [7, 11) is 0. The van der Waals surface area contributed by atoms with Crippen molar-refractivity contribution in [1.29, 1.82) is 0 Å². The molecule has 0 aliphatic carbocycles. The average Bonchev–Trinajstić information content (AvgIpc) is 2.58. The zero-order valence-electron chi connectivity index (χ0n) is 14.2. The van der Waals surface area contributed by atoms with Crippen molar-refractivity contribution in [3.63, 3.8) is 0 Å². The van der Waals surface area contributed by atoms with Crippen molar-refractivity contribution in [1.82, 2.24) is 10.6 Å². The number of rotatable bonds is 3. The summed E-state index contributed by atoms with van der Waals surface area (Å²) < 4.78 is 0.971. The number of aryl methyl sites for hydroxylation is 1. The van der Waals surface area contributed by atoms with Gasteiger partial charge in [-0.1, -0.05) is 45.7 Å². The van der Waals surface area contributed by atoms with Crippen LogP contribution in [0.25, 0.3) is 0 Å². The second kappa shape index (κ2) is 7.78. The Hall–Kier alpha value is -1.89. The van der Waals surface area contributed by atoms with Gasteiger partial charge in [0.05, 0.1) is 11.6 Å². The lowest BCUT2D eigenvalue weighted by Crippen LogP contribution is -2.45. The highest BCUT2D eigenvalue weighted by Gasteiger charge is 2.30. The minimum atomic E-state index is -0.337. The van der Waals surface area contributed by atoms with E-state index in [4.69, 9.17) is 23.8 Å². The van der Waals surface area contributed by atoms with Crippen LogP contribution in [0.15, 0.2) is 58.2 Å². The number of amides is 1. The summed E-state index contributed by atoms with van der Waals surface area (Å²) in [4.78, 5) is 13.1. The molecule has 4 nitrogen and oxygen atoms in total. The fraction of sp³-hybridized carbons (Fsp3) is 0.158. The topological polar surface area (TPSA) is 53.2 Å². The monoisotopic (exact) mass is 449 g/mol. The molecular formula is C19H17BrClN3OS. The number of anilines is 1. The van der Waals surface area contributed by atoms with Gasteiger partial charge in [0.15, 0.2) is 5.11 Å². The highest BCUT2D eigenvalue weighted by molar-refractivity contribution is 9.10. The molecular weight excluding hydrogens is 434 g/mol. The molecule has 0 saturated carbocycles. The Bertz CT molecular complexity index is 912.